The molecule has 1 heterocycles. The molecule has 0 N–H and O–H groups in total. The van der Waals surface area contributed by atoms with E-state index < -0.39 is 11.7 Å². The number of rotatable bonds is 0. The van der Waals surface area contributed by atoms with Crippen LogP contribution in [0.5, 0.6) is 0 Å². The number of halogens is 3. The van der Waals surface area contributed by atoms with E-state index in [9.17, 15) is 18.4 Å². The summed E-state index contributed by atoms with van der Waals surface area (Å²) < 4.78 is 36.4. The maximum absolute atomic E-state index is 12.1. The molecule has 0 aliphatic carbocycles. The molecular weight excluding hydrogens is 171 g/mol. The summed E-state index contributed by atoms with van der Waals surface area (Å²) in [6.45, 7) is 1.13. The highest BCUT2D eigenvalue weighted by Crippen LogP contribution is 2.29. The topological polar surface area (TPSA) is 26.9 Å². The minimum atomic E-state index is -4.45. The molecular formula is C7H6F3NO. The van der Waals surface area contributed by atoms with Gasteiger partial charge in [0.05, 0.1) is 0 Å². The van der Waals surface area contributed by atoms with E-state index in [-0.39, 0.29) is 10.4 Å². The molecule has 0 fully saturated rings. The monoisotopic (exact) mass is 177 g/mol. The van der Waals surface area contributed by atoms with Crippen LogP contribution >= 0.6 is 0 Å². The van der Waals surface area contributed by atoms with Crippen LogP contribution in [0.3, 0.4) is 0 Å². The van der Waals surface area contributed by atoms with E-state index in [4.69, 9.17) is 0 Å². The summed E-state index contributed by atoms with van der Waals surface area (Å²) in [5, 5.41) is 10.7. The van der Waals surface area contributed by atoms with Crippen LogP contribution in [0.25, 0.3) is 0 Å². The predicted molar refractivity (Wildman–Crippen MR) is 35.1 cm³/mol. The standard InChI is InChI=1S/C7H6F3NO/c1-5-6(7(8,9)10)3-2-4-11(5)12/h2-4H,1H3. The summed E-state index contributed by atoms with van der Waals surface area (Å²) in [4.78, 5) is 0. The third-order valence-corrected chi connectivity index (χ3v) is 1.51. The van der Waals surface area contributed by atoms with E-state index in [0.29, 0.717) is 0 Å². The van der Waals surface area contributed by atoms with Crippen LogP contribution in [-0.2, 0) is 6.18 Å². The van der Waals surface area contributed by atoms with Gasteiger partial charge in [0, 0.05) is 13.0 Å². The summed E-state index contributed by atoms with van der Waals surface area (Å²) >= 11 is 0. The molecule has 0 spiro atoms. The van der Waals surface area contributed by atoms with Crippen molar-refractivity contribution in [2.45, 2.75) is 13.1 Å². The van der Waals surface area contributed by atoms with Crippen molar-refractivity contribution in [3.8, 4) is 0 Å². The first kappa shape index (κ1) is 8.83. The second kappa shape index (κ2) is 2.66. The highest BCUT2D eigenvalue weighted by molar-refractivity contribution is 5.17. The van der Waals surface area contributed by atoms with Gasteiger partial charge in [-0.05, 0) is 6.07 Å². The summed E-state index contributed by atoms with van der Waals surface area (Å²) in [5.74, 6) is 0. The lowest BCUT2D eigenvalue weighted by Crippen LogP contribution is -2.32. The van der Waals surface area contributed by atoms with E-state index >= 15 is 0 Å². The van der Waals surface area contributed by atoms with Crippen molar-refractivity contribution in [2.75, 3.05) is 0 Å². The second-order valence-corrected chi connectivity index (χ2v) is 2.33. The number of hydrogen-bond donors (Lipinski definition) is 0. The van der Waals surface area contributed by atoms with Crippen LogP contribution in [-0.4, -0.2) is 0 Å². The number of nitrogens with zero attached hydrogens (tertiary/aromatic N) is 1. The van der Waals surface area contributed by atoms with Crippen LogP contribution in [0.4, 0.5) is 13.2 Å². The first-order valence-corrected chi connectivity index (χ1v) is 3.19. The van der Waals surface area contributed by atoms with Gasteiger partial charge in [0.2, 0.25) is 5.69 Å². The SMILES string of the molecule is Cc1c(C(F)(F)F)ccc[n+]1[O-]. The minimum Gasteiger partial charge on any atom is -0.618 e. The van der Waals surface area contributed by atoms with Gasteiger partial charge in [-0.25, -0.2) is 0 Å². The van der Waals surface area contributed by atoms with E-state index in [0.717, 1.165) is 25.3 Å². The zero-order valence-electron chi connectivity index (χ0n) is 6.22. The molecule has 1 aromatic heterocycles. The van der Waals surface area contributed by atoms with Crippen molar-refractivity contribution in [2.24, 2.45) is 0 Å². The van der Waals surface area contributed by atoms with Gasteiger partial charge < -0.3 is 5.21 Å². The molecule has 0 bridgehead atoms. The maximum Gasteiger partial charge on any atom is 0.422 e. The van der Waals surface area contributed by atoms with Crippen molar-refractivity contribution in [1.82, 2.24) is 0 Å². The lowest BCUT2D eigenvalue weighted by molar-refractivity contribution is -0.613. The maximum atomic E-state index is 12.1. The first-order valence-electron chi connectivity index (χ1n) is 3.19. The van der Waals surface area contributed by atoms with Gasteiger partial charge in [0.15, 0.2) is 6.20 Å². The largest absolute Gasteiger partial charge is 0.618 e. The fourth-order valence-corrected chi connectivity index (χ4v) is 0.868. The highest BCUT2D eigenvalue weighted by atomic mass is 19.4. The quantitative estimate of drug-likeness (QED) is 0.437. The van der Waals surface area contributed by atoms with E-state index in [1.807, 2.05) is 0 Å². The molecule has 0 aromatic carbocycles. The Hall–Kier alpha value is -1.26. The second-order valence-electron chi connectivity index (χ2n) is 2.33. The lowest BCUT2D eigenvalue weighted by Gasteiger charge is -2.08. The number of pyridine rings is 1. The zero-order valence-corrected chi connectivity index (χ0v) is 6.22. The molecule has 0 atom stereocenters. The molecule has 0 amide bonds. The fraction of sp³-hybridized carbons (Fsp3) is 0.286. The molecule has 0 saturated carbocycles. The lowest BCUT2D eigenvalue weighted by atomic mass is 10.2. The molecule has 0 aliphatic heterocycles. The molecule has 12 heavy (non-hydrogen) atoms. The molecule has 2 nitrogen and oxygen atoms in total. The van der Waals surface area contributed by atoms with Crippen molar-refractivity contribution in [3.05, 3.63) is 34.8 Å². The average molecular weight is 177 g/mol. The van der Waals surface area contributed by atoms with E-state index in [2.05, 4.69) is 0 Å². The third kappa shape index (κ3) is 1.49. The molecule has 1 aromatic rings. The normalized spacial score (nSPS) is 11.7. The Morgan fingerprint density at radius 3 is 2.42 bits per heavy atom. The summed E-state index contributed by atoms with van der Waals surface area (Å²) in [7, 11) is 0. The number of hydrogen-bond acceptors (Lipinski definition) is 1. The Labute approximate surface area is 66.8 Å². The van der Waals surface area contributed by atoms with Crippen LogP contribution in [0.15, 0.2) is 18.3 Å². The minimum absolute atomic E-state index is 0.197. The number of alkyl halides is 3. The third-order valence-electron chi connectivity index (χ3n) is 1.51. The van der Waals surface area contributed by atoms with Gasteiger partial charge in [-0.1, -0.05) is 0 Å². The molecule has 0 aliphatic rings. The zero-order chi connectivity index (χ0) is 9.35. The van der Waals surface area contributed by atoms with Crippen molar-refractivity contribution >= 4 is 0 Å². The van der Waals surface area contributed by atoms with Gasteiger partial charge in [-0.2, -0.15) is 17.9 Å². The van der Waals surface area contributed by atoms with E-state index in [1.165, 1.54) is 0 Å². The summed E-state index contributed by atoms with van der Waals surface area (Å²) in [6, 6.07) is 1.95. The van der Waals surface area contributed by atoms with Gasteiger partial charge >= 0.3 is 6.18 Å². The molecule has 0 unspecified atom stereocenters. The smallest absolute Gasteiger partial charge is 0.422 e. The average Bonchev–Trinajstić information content (AvgIpc) is 1.92. The number of aromatic nitrogens is 1. The van der Waals surface area contributed by atoms with Crippen molar-refractivity contribution in [3.63, 3.8) is 0 Å². The molecule has 0 radical (unpaired) electrons. The van der Waals surface area contributed by atoms with Gasteiger partial charge in [0.25, 0.3) is 0 Å². The Morgan fingerprint density at radius 2 is 2.00 bits per heavy atom. The first-order chi connectivity index (χ1) is 5.43. The Kier molecular flexibility index (Phi) is 1.95. The molecule has 1 rings (SSSR count). The van der Waals surface area contributed by atoms with Gasteiger partial charge in [-0.3, -0.25) is 0 Å². The van der Waals surface area contributed by atoms with Crippen molar-refractivity contribution in [1.29, 1.82) is 0 Å². The Balaban J connectivity index is 3.26. The molecule has 5 heteroatoms. The van der Waals surface area contributed by atoms with Gasteiger partial charge in [0.1, 0.15) is 5.56 Å². The predicted octanol–water partition coefficient (Wildman–Crippen LogP) is 1.65. The van der Waals surface area contributed by atoms with Crippen LogP contribution in [0.1, 0.15) is 11.3 Å². The Bertz CT molecular complexity index is 295. The van der Waals surface area contributed by atoms with Crippen LogP contribution < -0.4 is 4.73 Å². The van der Waals surface area contributed by atoms with Crippen molar-refractivity contribution < 1.29 is 17.9 Å². The fourth-order valence-electron chi connectivity index (χ4n) is 0.868. The summed E-state index contributed by atoms with van der Waals surface area (Å²) in [6.07, 6.45) is -3.41. The summed E-state index contributed by atoms with van der Waals surface area (Å²) in [5.41, 5.74) is -1.22. The Morgan fingerprint density at radius 1 is 1.42 bits per heavy atom. The van der Waals surface area contributed by atoms with E-state index in [1.54, 1.807) is 0 Å². The molecule has 66 valence electrons. The molecule has 0 saturated heterocycles. The van der Waals surface area contributed by atoms with Crippen LogP contribution in [0.2, 0.25) is 0 Å². The van der Waals surface area contributed by atoms with Crippen LogP contribution in [0, 0.1) is 12.1 Å². The highest BCUT2D eigenvalue weighted by Gasteiger charge is 2.35. The van der Waals surface area contributed by atoms with Gasteiger partial charge in [-0.15, -0.1) is 0 Å².